The number of methoxy groups -OCH3 is 2. The van der Waals surface area contributed by atoms with Crippen molar-refractivity contribution >= 4 is 12.4 Å². The molecule has 0 spiro atoms. The third-order valence-corrected chi connectivity index (χ3v) is 7.34. The smallest absolute Gasteiger partial charge is 0.130 e. The van der Waals surface area contributed by atoms with E-state index in [0.29, 0.717) is 18.1 Å². The fraction of sp³-hybridized carbons (Fsp3) is 0.333. The molecule has 0 heterocycles. The van der Waals surface area contributed by atoms with Gasteiger partial charge in [-0.05, 0) is 17.7 Å². The summed E-state index contributed by atoms with van der Waals surface area (Å²) >= 11 is 0. The first-order valence-electron chi connectivity index (χ1n) is 7.50. The molecule has 22 heavy (non-hydrogen) atoms. The average Bonchev–Trinajstić information content (AvgIpc) is 2.60. The minimum absolute atomic E-state index is 0.604. The van der Waals surface area contributed by atoms with E-state index in [1.54, 1.807) is 14.2 Å². The molecular formula is C18H23O3P. The second-order valence-corrected chi connectivity index (χ2v) is 8.57. The fourth-order valence-corrected chi connectivity index (χ4v) is 5.01. The maximum atomic E-state index is 13.5. The maximum Gasteiger partial charge on any atom is 0.130 e. The summed E-state index contributed by atoms with van der Waals surface area (Å²) in [5.74, 6) is 1.40. The highest BCUT2D eigenvalue weighted by molar-refractivity contribution is 7.72. The molecule has 2 aromatic rings. The quantitative estimate of drug-likeness (QED) is 0.741. The molecule has 2 rings (SSSR count). The van der Waals surface area contributed by atoms with Gasteiger partial charge in [-0.3, -0.25) is 0 Å². The van der Waals surface area contributed by atoms with Crippen molar-refractivity contribution in [2.45, 2.75) is 13.8 Å². The molecule has 0 unspecified atom stereocenters. The normalized spacial score (nSPS) is 11.3. The molecule has 118 valence electrons. The Morgan fingerprint density at radius 2 is 1.41 bits per heavy atom. The van der Waals surface area contributed by atoms with Crippen molar-refractivity contribution in [3.8, 4) is 22.6 Å². The van der Waals surface area contributed by atoms with Gasteiger partial charge in [0.2, 0.25) is 0 Å². The highest BCUT2D eigenvalue weighted by Gasteiger charge is 2.30. The lowest BCUT2D eigenvalue weighted by molar-refractivity contribution is 0.407. The van der Waals surface area contributed by atoms with Crippen molar-refractivity contribution in [2.75, 3.05) is 26.5 Å². The van der Waals surface area contributed by atoms with E-state index in [9.17, 15) is 4.57 Å². The minimum Gasteiger partial charge on any atom is -0.496 e. The highest BCUT2D eigenvalue weighted by Crippen LogP contribution is 2.51. The van der Waals surface area contributed by atoms with E-state index in [1.807, 2.05) is 56.3 Å². The molecule has 0 saturated carbocycles. The fourth-order valence-electron chi connectivity index (χ4n) is 2.72. The largest absolute Gasteiger partial charge is 0.496 e. The lowest BCUT2D eigenvalue weighted by Crippen LogP contribution is -2.16. The van der Waals surface area contributed by atoms with Crippen molar-refractivity contribution in [3.63, 3.8) is 0 Å². The van der Waals surface area contributed by atoms with E-state index < -0.39 is 7.14 Å². The summed E-state index contributed by atoms with van der Waals surface area (Å²) in [6, 6.07) is 13.7. The highest BCUT2D eigenvalue weighted by atomic mass is 31.2. The van der Waals surface area contributed by atoms with E-state index >= 15 is 0 Å². The van der Waals surface area contributed by atoms with Crippen LogP contribution in [0.5, 0.6) is 11.5 Å². The third kappa shape index (κ3) is 2.91. The zero-order chi connectivity index (χ0) is 16.2. The topological polar surface area (TPSA) is 35.5 Å². The summed E-state index contributed by atoms with van der Waals surface area (Å²) in [4.78, 5) is 0. The van der Waals surface area contributed by atoms with Gasteiger partial charge >= 0.3 is 0 Å². The van der Waals surface area contributed by atoms with Crippen LogP contribution in [0, 0.1) is 0 Å². The van der Waals surface area contributed by atoms with Crippen molar-refractivity contribution in [1.82, 2.24) is 0 Å². The molecule has 3 nitrogen and oxygen atoms in total. The molecule has 0 amide bonds. The Morgan fingerprint density at radius 1 is 0.864 bits per heavy atom. The monoisotopic (exact) mass is 318 g/mol. The van der Waals surface area contributed by atoms with Gasteiger partial charge in [0.25, 0.3) is 0 Å². The van der Waals surface area contributed by atoms with Gasteiger partial charge in [-0.15, -0.1) is 0 Å². The molecule has 0 aromatic heterocycles. The number of benzene rings is 2. The van der Waals surface area contributed by atoms with Gasteiger partial charge in [0.1, 0.15) is 18.6 Å². The molecule has 4 heteroatoms. The zero-order valence-electron chi connectivity index (χ0n) is 13.6. The third-order valence-electron chi connectivity index (χ3n) is 4.03. The van der Waals surface area contributed by atoms with E-state index in [-0.39, 0.29) is 0 Å². The molecule has 2 aromatic carbocycles. The van der Waals surface area contributed by atoms with E-state index in [1.165, 1.54) is 0 Å². The van der Waals surface area contributed by atoms with Crippen LogP contribution in [-0.4, -0.2) is 26.5 Å². The minimum atomic E-state index is -2.54. The molecule has 0 N–H and O–H groups in total. The Kier molecular flexibility index (Phi) is 5.31. The summed E-state index contributed by atoms with van der Waals surface area (Å²) in [5.41, 5.74) is 1.88. The molecule has 0 radical (unpaired) electrons. The number of ether oxygens (including phenoxy) is 2. The molecule has 0 aliphatic heterocycles. The first kappa shape index (κ1) is 16.6. The van der Waals surface area contributed by atoms with Gasteiger partial charge in [0, 0.05) is 17.9 Å². The Balaban J connectivity index is 2.87. The number of hydrogen-bond acceptors (Lipinski definition) is 3. The zero-order valence-corrected chi connectivity index (χ0v) is 14.5. The van der Waals surface area contributed by atoms with Crippen LogP contribution < -0.4 is 14.8 Å². The molecule has 0 saturated heterocycles. The van der Waals surface area contributed by atoms with Gasteiger partial charge in [-0.1, -0.05) is 44.2 Å². The van der Waals surface area contributed by atoms with Gasteiger partial charge in [0.15, 0.2) is 0 Å². The van der Waals surface area contributed by atoms with Gasteiger partial charge in [-0.25, -0.2) is 0 Å². The molecule has 0 atom stereocenters. The Hall–Kier alpha value is -1.73. The molecule has 0 bridgehead atoms. The Labute approximate surface area is 132 Å². The van der Waals surface area contributed by atoms with Crippen LogP contribution in [0.1, 0.15) is 13.8 Å². The van der Waals surface area contributed by atoms with Crippen molar-refractivity contribution in [3.05, 3.63) is 42.5 Å². The van der Waals surface area contributed by atoms with E-state index in [0.717, 1.165) is 22.2 Å². The van der Waals surface area contributed by atoms with Crippen molar-refractivity contribution in [1.29, 1.82) is 0 Å². The molecular weight excluding hydrogens is 295 g/mol. The summed E-state index contributed by atoms with van der Waals surface area (Å²) in [7, 11) is 0.725. The Morgan fingerprint density at radius 3 is 1.91 bits per heavy atom. The lowest BCUT2D eigenvalue weighted by Gasteiger charge is -2.23. The van der Waals surface area contributed by atoms with Crippen LogP contribution in [0.25, 0.3) is 11.1 Å². The van der Waals surface area contributed by atoms with Gasteiger partial charge in [-0.2, -0.15) is 0 Å². The molecule has 0 fully saturated rings. The average molecular weight is 318 g/mol. The van der Waals surface area contributed by atoms with Crippen LogP contribution in [0.15, 0.2) is 42.5 Å². The second-order valence-electron chi connectivity index (χ2n) is 5.08. The van der Waals surface area contributed by atoms with Crippen LogP contribution in [0.2, 0.25) is 0 Å². The van der Waals surface area contributed by atoms with E-state index in [4.69, 9.17) is 9.47 Å². The predicted octanol–water partition coefficient (Wildman–Crippen LogP) is 4.40. The van der Waals surface area contributed by atoms with E-state index in [2.05, 4.69) is 0 Å². The molecule has 0 aliphatic rings. The lowest BCUT2D eigenvalue weighted by atomic mass is 10.0. The standard InChI is InChI=1S/C18H23O3P/c1-5-22(19,6-2)18-16(21-4)13-12-15(20-3)17(18)14-10-8-7-9-11-14/h7-13H,5-6H2,1-4H3. The second kappa shape index (κ2) is 7.02. The molecule has 0 aliphatic carbocycles. The van der Waals surface area contributed by atoms with Crippen LogP contribution in [0.3, 0.4) is 0 Å². The summed E-state index contributed by atoms with van der Waals surface area (Å²) in [5, 5.41) is 0.797. The van der Waals surface area contributed by atoms with Gasteiger partial charge < -0.3 is 14.0 Å². The summed E-state index contributed by atoms with van der Waals surface area (Å²) in [6.07, 6.45) is 1.21. The summed E-state index contributed by atoms with van der Waals surface area (Å²) < 4.78 is 24.5. The van der Waals surface area contributed by atoms with Crippen molar-refractivity contribution < 1.29 is 14.0 Å². The predicted molar refractivity (Wildman–Crippen MR) is 93.3 cm³/mol. The first-order valence-corrected chi connectivity index (χ1v) is 9.58. The maximum absolute atomic E-state index is 13.5. The number of rotatable bonds is 6. The van der Waals surface area contributed by atoms with Crippen LogP contribution in [0.4, 0.5) is 0 Å². The Bertz CT molecular complexity index is 672. The van der Waals surface area contributed by atoms with Crippen molar-refractivity contribution in [2.24, 2.45) is 0 Å². The number of hydrogen-bond donors (Lipinski definition) is 0. The SMILES string of the molecule is CCP(=O)(CC)c1c(OC)ccc(OC)c1-c1ccccc1. The summed E-state index contributed by atoms with van der Waals surface area (Å²) in [6.45, 7) is 3.94. The van der Waals surface area contributed by atoms with Crippen LogP contribution in [-0.2, 0) is 4.57 Å². The van der Waals surface area contributed by atoms with Gasteiger partial charge in [0.05, 0.1) is 19.5 Å². The van der Waals surface area contributed by atoms with Crippen LogP contribution >= 0.6 is 7.14 Å². The first-order chi connectivity index (χ1) is 10.6.